The van der Waals surface area contributed by atoms with E-state index in [1.54, 1.807) is 0 Å². The summed E-state index contributed by atoms with van der Waals surface area (Å²) in [6, 6.07) is 7.89. The minimum atomic E-state index is -0.0278. The SMILES string of the molecule is CCCN(CCO)CC(=O)Nc1ccccc1C(C)C. The summed E-state index contributed by atoms with van der Waals surface area (Å²) in [7, 11) is 0. The van der Waals surface area contributed by atoms with E-state index in [2.05, 4.69) is 26.1 Å². The van der Waals surface area contributed by atoms with Gasteiger partial charge in [0, 0.05) is 12.2 Å². The highest BCUT2D eigenvalue weighted by molar-refractivity contribution is 5.93. The monoisotopic (exact) mass is 278 g/mol. The highest BCUT2D eigenvalue weighted by atomic mass is 16.3. The van der Waals surface area contributed by atoms with Gasteiger partial charge in [-0.1, -0.05) is 39.0 Å². The van der Waals surface area contributed by atoms with Crippen LogP contribution in [-0.4, -0.2) is 42.2 Å². The van der Waals surface area contributed by atoms with Crippen LogP contribution in [0.3, 0.4) is 0 Å². The quantitative estimate of drug-likeness (QED) is 0.768. The Balaban J connectivity index is 2.66. The van der Waals surface area contributed by atoms with Crippen LogP contribution in [0, 0.1) is 0 Å². The molecule has 0 heterocycles. The molecular weight excluding hydrogens is 252 g/mol. The zero-order valence-corrected chi connectivity index (χ0v) is 12.7. The van der Waals surface area contributed by atoms with Crippen LogP contribution in [0.1, 0.15) is 38.7 Å². The van der Waals surface area contributed by atoms with E-state index >= 15 is 0 Å². The van der Waals surface area contributed by atoms with Crippen molar-refractivity contribution in [2.75, 3.05) is 31.6 Å². The second-order valence-corrected chi connectivity index (χ2v) is 5.29. The van der Waals surface area contributed by atoms with Gasteiger partial charge < -0.3 is 10.4 Å². The fourth-order valence-electron chi connectivity index (χ4n) is 2.23. The van der Waals surface area contributed by atoms with Gasteiger partial charge in [-0.05, 0) is 30.5 Å². The van der Waals surface area contributed by atoms with E-state index in [1.807, 2.05) is 29.2 Å². The van der Waals surface area contributed by atoms with Gasteiger partial charge in [-0.25, -0.2) is 0 Å². The van der Waals surface area contributed by atoms with Gasteiger partial charge in [0.2, 0.25) is 5.91 Å². The maximum absolute atomic E-state index is 12.1. The standard InChI is InChI=1S/C16H26N2O2/c1-4-9-18(10-11-19)12-16(20)17-15-8-6-5-7-14(15)13(2)3/h5-8,13,19H,4,9-12H2,1-3H3,(H,17,20). The number of carbonyl (C=O) groups is 1. The summed E-state index contributed by atoms with van der Waals surface area (Å²) < 4.78 is 0. The summed E-state index contributed by atoms with van der Waals surface area (Å²) >= 11 is 0. The highest BCUT2D eigenvalue weighted by Crippen LogP contribution is 2.23. The van der Waals surface area contributed by atoms with Crippen molar-refractivity contribution in [1.82, 2.24) is 4.90 Å². The van der Waals surface area contributed by atoms with Crippen molar-refractivity contribution in [3.05, 3.63) is 29.8 Å². The molecule has 1 aromatic carbocycles. The van der Waals surface area contributed by atoms with E-state index in [-0.39, 0.29) is 12.5 Å². The first-order chi connectivity index (χ1) is 9.58. The van der Waals surface area contributed by atoms with Gasteiger partial charge in [0.05, 0.1) is 13.2 Å². The van der Waals surface area contributed by atoms with E-state index in [4.69, 9.17) is 5.11 Å². The van der Waals surface area contributed by atoms with Gasteiger partial charge in [0.1, 0.15) is 0 Å². The van der Waals surface area contributed by atoms with Crippen LogP contribution >= 0.6 is 0 Å². The average molecular weight is 278 g/mol. The topological polar surface area (TPSA) is 52.6 Å². The molecular formula is C16H26N2O2. The van der Waals surface area contributed by atoms with Gasteiger partial charge in [0.25, 0.3) is 0 Å². The molecule has 0 aromatic heterocycles. The summed E-state index contributed by atoms with van der Waals surface area (Å²) in [5.74, 6) is 0.343. The molecule has 0 saturated heterocycles. The lowest BCUT2D eigenvalue weighted by molar-refractivity contribution is -0.117. The van der Waals surface area contributed by atoms with Crippen molar-refractivity contribution >= 4 is 11.6 Å². The minimum absolute atomic E-state index is 0.0278. The van der Waals surface area contributed by atoms with Crippen molar-refractivity contribution in [1.29, 1.82) is 0 Å². The smallest absolute Gasteiger partial charge is 0.238 e. The number of hydrogen-bond acceptors (Lipinski definition) is 3. The zero-order valence-electron chi connectivity index (χ0n) is 12.7. The summed E-state index contributed by atoms with van der Waals surface area (Å²) in [4.78, 5) is 14.1. The number of nitrogens with zero attached hydrogens (tertiary/aromatic N) is 1. The predicted molar refractivity (Wildman–Crippen MR) is 83.0 cm³/mol. The Labute approximate surface area is 121 Å². The van der Waals surface area contributed by atoms with E-state index in [0.29, 0.717) is 19.0 Å². The first kappa shape index (κ1) is 16.7. The number of anilines is 1. The molecule has 20 heavy (non-hydrogen) atoms. The molecule has 0 radical (unpaired) electrons. The molecule has 0 spiro atoms. The molecule has 0 bridgehead atoms. The van der Waals surface area contributed by atoms with Crippen molar-refractivity contribution in [3.63, 3.8) is 0 Å². The molecule has 0 aliphatic rings. The normalized spacial score (nSPS) is 11.1. The third kappa shape index (κ3) is 5.31. The number of rotatable bonds is 8. The van der Waals surface area contributed by atoms with E-state index < -0.39 is 0 Å². The lowest BCUT2D eigenvalue weighted by atomic mass is 10.0. The molecule has 0 atom stereocenters. The number of aliphatic hydroxyl groups is 1. The van der Waals surface area contributed by atoms with Crippen molar-refractivity contribution in [2.45, 2.75) is 33.1 Å². The van der Waals surface area contributed by atoms with Crippen LogP contribution in [-0.2, 0) is 4.79 Å². The van der Waals surface area contributed by atoms with Crippen molar-refractivity contribution in [3.8, 4) is 0 Å². The van der Waals surface area contributed by atoms with Crippen LogP contribution in [0.5, 0.6) is 0 Å². The number of nitrogens with one attached hydrogen (secondary N) is 1. The van der Waals surface area contributed by atoms with Crippen LogP contribution in [0.2, 0.25) is 0 Å². The summed E-state index contributed by atoms with van der Waals surface area (Å²) in [5, 5.41) is 12.0. The Morgan fingerprint density at radius 1 is 1.30 bits per heavy atom. The molecule has 1 aromatic rings. The van der Waals surface area contributed by atoms with E-state index in [9.17, 15) is 4.79 Å². The van der Waals surface area contributed by atoms with Gasteiger partial charge in [-0.3, -0.25) is 9.69 Å². The van der Waals surface area contributed by atoms with Gasteiger partial charge in [0.15, 0.2) is 0 Å². The van der Waals surface area contributed by atoms with Crippen LogP contribution in [0.25, 0.3) is 0 Å². The Bertz CT molecular complexity index is 413. The Kier molecular flexibility index (Phi) is 7.26. The number of aliphatic hydroxyl groups excluding tert-OH is 1. The third-order valence-electron chi connectivity index (χ3n) is 3.18. The first-order valence-electron chi connectivity index (χ1n) is 7.30. The lowest BCUT2D eigenvalue weighted by Gasteiger charge is -2.20. The van der Waals surface area contributed by atoms with Crippen LogP contribution < -0.4 is 5.32 Å². The van der Waals surface area contributed by atoms with E-state index in [1.165, 1.54) is 0 Å². The molecule has 112 valence electrons. The molecule has 4 heteroatoms. The number of hydrogen-bond donors (Lipinski definition) is 2. The largest absolute Gasteiger partial charge is 0.395 e. The zero-order chi connectivity index (χ0) is 15.0. The first-order valence-corrected chi connectivity index (χ1v) is 7.30. The Morgan fingerprint density at radius 2 is 2.00 bits per heavy atom. The van der Waals surface area contributed by atoms with Gasteiger partial charge >= 0.3 is 0 Å². The number of para-hydroxylation sites is 1. The molecule has 0 aliphatic heterocycles. The molecule has 4 nitrogen and oxygen atoms in total. The van der Waals surface area contributed by atoms with E-state index in [0.717, 1.165) is 24.2 Å². The van der Waals surface area contributed by atoms with Gasteiger partial charge in [-0.2, -0.15) is 0 Å². The van der Waals surface area contributed by atoms with Crippen molar-refractivity contribution < 1.29 is 9.90 Å². The lowest BCUT2D eigenvalue weighted by Crippen LogP contribution is -2.35. The third-order valence-corrected chi connectivity index (χ3v) is 3.18. The Morgan fingerprint density at radius 3 is 2.60 bits per heavy atom. The maximum Gasteiger partial charge on any atom is 0.238 e. The molecule has 0 saturated carbocycles. The number of benzene rings is 1. The molecule has 0 aliphatic carbocycles. The summed E-state index contributed by atoms with van der Waals surface area (Å²) in [6.45, 7) is 8.04. The predicted octanol–water partition coefficient (Wildman–Crippen LogP) is 2.45. The average Bonchev–Trinajstić information content (AvgIpc) is 2.39. The molecule has 2 N–H and O–H groups in total. The number of carbonyl (C=O) groups excluding carboxylic acids is 1. The second kappa shape index (κ2) is 8.72. The van der Waals surface area contributed by atoms with Crippen LogP contribution in [0.4, 0.5) is 5.69 Å². The fourth-order valence-corrected chi connectivity index (χ4v) is 2.23. The summed E-state index contributed by atoms with van der Waals surface area (Å²) in [6.07, 6.45) is 0.968. The van der Waals surface area contributed by atoms with Crippen molar-refractivity contribution in [2.24, 2.45) is 0 Å². The fraction of sp³-hybridized carbons (Fsp3) is 0.562. The highest BCUT2D eigenvalue weighted by Gasteiger charge is 2.12. The molecule has 1 rings (SSSR count). The molecule has 0 unspecified atom stereocenters. The van der Waals surface area contributed by atoms with Crippen LogP contribution in [0.15, 0.2) is 24.3 Å². The summed E-state index contributed by atoms with van der Waals surface area (Å²) in [5.41, 5.74) is 2.03. The molecule has 1 amide bonds. The maximum atomic E-state index is 12.1. The number of amides is 1. The minimum Gasteiger partial charge on any atom is -0.395 e. The van der Waals surface area contributed by atoms with Gasteiger partial charge in [-0.15, -0.1) is 0 Å². The molecule has 0 fully saturated rings. The Hall–Kier alpha value is -1.39. The second-order valence-electron chi connectivity index (χ2n) is 5.29.